The Labute approximate surface area is 153 Å². The Morgan fingerprint density at radius 1 is 1.04 bits per heavy atom. The van der Waals surface area contributed by atoms with Crippen molar-refractivity contribution in [2.75, 3.05) is 5.32 Å². The molecule has 0 saturated carbocycles. The molecule has 0 fully saturated rings. The molecule has 2 aromatic rings. The lowest BCUT2D eigenvalue weighted by molar-refractivity contribution is 0.0697. The van der Waals surface area contributed by atoms with Crippen LogP contribution in [-0.2, 0) is 0 Å². The molecule has 0 aromatic heterocycles. The predicted octanol–water partition coefficient (Wildman–Crippen LogP) is 4.13. The average Bonchev–Trinajstić information content (AvgIpc) is 2.46. The van der Waals surface area contributed by atoms with Crippen molar-refractivity contribution in [1.29, 1.82) is 0 Å². The maximum Gasteiger partial charge on any atom is 0.337 e. The van der Waals surface area contributed by atoms with Gasteiger partial charge in [0.05, 0.1) is 21.2 Å². The minimum Gasteiger partial charge on any atom is -0.478 e. The zero-order chi connectivity index (χ0) is 17.9. The van der Waals surface area contributed by atoms with E-state index in [1.165, 1.54) is 18.2 Å². The molecular formula is C16H12Cl2N2O3S. The number of carbonyl (C=O) groups excluding carboxylic acids is 1. The number of benzene rings is 2. The minimum atomic E-state index is -1.13. The Balaban J connectivity index is 2.06. The Morgan fingerprint density at radius 3 is 2.25 bits per heavy atom. The quantitative estimate of drug-likeness (QED) is 0.695. The number of rotatable bonds is 3. The lowest BCUT2D eigenvalue weighted by Crippen LogP contribution is -2.34. The summed E-state index contributed by atoms with van der Waals surface area (Å²) in [5.74, 6) is -1.58. The summed E-state index contributed by atoms with van der Waals surface area (Å²) in [6, 6.07) is 9.29. The summed E-state index contributed by atoms with van der Waals surface area (Å²) in [5.41, 5.74) is 1.66. The second kappa shape index (κ2) is 7.61. The molecule has 0 aliphatic heterocycles. The first-order chi connectivity index (χ1) is 11.3. The molecule has 2 rings (SSSR count). The van der Waals surface area contributed by atoms with E-state index in [9.17, 15) is 9.59 Å². The van der Waals surface area contributed by atoms with E-state index in [4.69, 9.17) is 40.5 Å². The number of nitrogens with one attached hydrogen (secondary N) is 2. The van der Waals surface area contributed by atoms with E-state index in [1.807, 2.05) is 6.92 Å². The zero-order valence-electron chi connectivity index (χ0n) is 12.4. The normalized spacial score (nSPS) is 10.1. The lowest BCUT2D eigenvalue weighted by Gasteiger charge is -2.11. The topological polar surface area (TPSA) is 78.4 Å². The van der Waals surface area contributed by atoms with Crippen LogP contribution in [0.5, 0.6) is 0 Å². The largest absolute Gasteiger partial charge is 0.478 e. The van der Waals surface area contributed by atoms with Gasteiger partial charge in [-0.15, -0.1) is 0 Å². The van der Waals surface area contributed by atoms with Crippen LogP contribution in [0.1, 0.15) is 26.3 Å². The molecule has 0 aliphatic rings. The molecule has 2 aromatic carbocycles. The Hall–Kier alpha value is -2.15. The summed E-state index contributed by atoms with van der Waals surface area (Å²) in [4.78, 5) is 23.1. The van der Waals surface area contributed by atoms with Crippen molar-refractivity contribution in [2.24, 2.45) is 0 Å². The molecule has 1 amide bonds. The molecule has 0 radical (unpaired) electrons. The number of hydrogen-bond donors (Lipinski definition) is 3. The number of anilines is 1. The second-order valence-electron chi connectivity index (χ2n) is 4.89. The van der Waals surface area contributed by atoms with E-state index in [1.54, 1.807) is 18.2 Å². The van der Waals surface area contributed by atoms with Crippen molar-refractivity contribution in [3.05, 3.63) is 63.1 Å². The third kappa shape index (κ3) is 4.44. The number of halogens is 2. The fraction of sp³-hybridized carbons (Fsp3) is 0.0625. The molecule has 0 bridgehead atoms. The molecule has 0 spiro atoms. The van der Waals surface area contributed by atoms with Gasteiger partial charge in [0.25, 0.3) is 5.91 Å². The lowest BCUT2D eigenvalue weighted by atomic mass is 10.1. The van der Waals surface area contributed by atoms with Crippen LogP contribution in [0.4, 0.5) is 5.69 Å². The van der Waals surface area contributed by atoms with Crippen molar-refractivity contribution in [2.45, 2.75) is 6.92 Å². The second-order valence-corrected chi connectivity index (χ2v) is 6.11. The van der Waals surface area contributed by atoms with E-state index in [0.29, 0.717) is 16.3 Å². The molecule has 8 heteroatoms. The first kappa shape index (κ1) is 18.2. The predicted molar refractivity (Wildman–Crippen MR) is 98.3 cm³/mol. The SMILES string of the molecule is Cc1ccc(C(=O)NC(=S)Nc2ccc(C(=O)O)c(Cl)c2)c(Cl)c1. The minimum absolute atomic E-state index is 0.0244. The Morgan fingerprint density at radius 2 is 1.67 bits per heavy atom. The summed E-state index contributed by atoms with van der Waals surface area (Å²) in [6.45, 7) is 1.87. The van der Waals surface area contributed by atoms with Gasteiger partial charge in [-0.2, -0.15) is 0 Å². The number of aryl methyl sites for hydroxylation is 1. The summed E-state index contributed by atoms with van der Waals surface area (Å²) in [7, 11) is 0. The van der Waals surface area contributed by atoms with Gasteiger partial charge in [-0.05, 0) is 55.0 Å². The van der Waals surface area contributed by atoms with Crippen LogP contribution in [0.15, 0.2) is 36.4 Å². The van der Waals surface area contributed by atoms with Gasteiger partial charge >= 0.3 is 5.97 Å². The third-order valence-corrected chi connectivity index (χ3v) is 3.88. The maximum absolute atomic E-state index is 12.2. The van der Waals surface area contributed by atoms with Crippen molar-refractivity contribution in [1.82, 2.24) is 5.32 Å². The standard InChI is InChI=1S/C16H12Cl2N2O3S/c1-8-2-4-10(12(17)6-8)14(21)20-16(24)19-9-3-5-11(15(22)23)13(18)7-9/h2-7H,1H3,(H,22,23)(H2,19,20,21,24). The molecule has 0 unspecified atom stereocenters. The van der Waals surface area contributed by atoms with Crippen molar-refractivity contribution in [3.63, 3.8) is 0 Å². The van der Waals surface area contributed by atoms with Gasteiger partial charge in [-0.1, -0.05) is 29.3 Å². The van der Waals surface area contributed by atoms with E-state index < -0.39 is 11.9 Å². The van der Waals surface area contributed by atoms with Crippen LogP contribution < -0.4 is 10.6 Å². The van der Waals surface area contributed by atoms with Crippen LogP contribution in [0.3, 0.4) is 0 Å². The van der Waals surface area contributed by atoms with Crippen LogP contribution in [0.2, 0.25) is 10.0 Å². The number of hydrogen-bond acceptors (Lipinski definition) is 3. The first-order valence-electron chi connectivity index (χ1n) is 6.69. The van der Waals surface area contributed by atoms with Gasteiger partial charge in [-0.3, -0.25) is 10.1 Å². The van der Waals surface area contributed by atoms with E-state index in [2.05, 4.69) is 10.6 Å². The number of carboxylic acid groups (broad SMARTS) is 1. The van der Waals surface area contributed by atoms with Crippen LogP contribution in [-0.4, -0.2) is 22.1 Å². The fourth-order valence-electron chi connectivity index (χ4n) is 1.90. The molecule has 3 N–H and O–H groups in total. The number of thiocarbonyl (C=S) groups is 1. The molecule has 24 heavy (non-hydrogen) atoms. The van der Waals surface area contributed by atoms with Crippen molar-refractivity contribution >= 4 is 58.1 Å². The first-order valence-corrected chi connectivity index (χ1v) is 7.85. The highest BCUT2D eigenvalue weighted by Crippen LogP contribution is 2.21. The number of carbonyl (C=O) groups is 2. The highest BCUT2D eigenvalue weighted by Gasteiger charge is 2.13. The molecule has 5 nitrogen and oxygen atoms in total. The highest BCUT2D eigenvalue weighted by atomic mass is 35.5. The summed E-state index contributed by atoms with van der Waals surface area (Å²) in [6.07, 6.45) is 0. The summed E-state index contributed by atoms with van der Waals surface area (Å²) < 4.78 is 0. The fourth-order valence-corrected chi connectivity index (χ4v) is 2.70. The highest BCUT2D eigenvalue weighted by molar-refractivity contribution is 7.80. The number of carboxylic acids is 1. The maximum atomic E-state index is 12.2. The van der Waals surface area contributed by atoms with Crippen LogP contribution >= 0.6 is 35.4 Å². The molecule has 0 saturated heterocycles. The van der Waals surface area contributed by atoms with E-state index in [0.717, 1.165) is 5.56 Å². The van der Waals surface area contributed by atoms with Gasteiger partial charge in [-0.25, -0.2) is 4.79 Å². The Bertz CT molecular complexity index is 840. The molecule has 124 valence electrons. The number of aromatic carboxylic acids is 1. The van der Waals surface area contributed by atoms with Crippen molar-refractivity contribution < 1.29 is 14.7 Å². The molecule has 0 heterocycles. The Kier molecular flexibility index (Phi) is 5.77. The van der Waals surface area contributed by atoms with Gasteiger partial charge < -0.3 is 10.4 Å². The van der Waals surface area contributed by atoms with Gasteiger partial charge in [0.15, 0.2) is 5.11 Å². The van der Waals surface area contributed by atoms with E-state index >= 15 is 0 Å². The third-order valence-electron chi connectivity index (χ3n) is 3.05. The molecule has 0 aliphatic carbocycles. The number of amides is 1. The van der Waals surface area contributed by atoms with Crippen LogP contribution in [0, 0.1) is 6.92 Å². The summed E-state index contributed by atoms with van der Waals surface area (Å²) in [5, 5.41) is 14.6. The average molecular weight is 383 g/mol. The summed E-state index contributed by atoms with van der Waals surface area (Å²) >= 11 is 17.0. The van der Waals surface area contributed by atoms with Gasteiger partial charge in [0.1, 0.15) is 0 Å². The smallest absolute Gasteiger partial charge is 0.337 e. The van der Waals surface area contributed by atoms with Gasteiger partial charge in [0.2, 0.25) is 0 Å². The molecular weight excluding hydrogens is 371 g/mol. The van der Waals surface area contributed by atoms with Crippen LogP contribution in [0.25, 0.3) is 0 Å². The zero-order valence-corrected chi connectivity index (χ0v) is 14.7. The van der Waals surface area contributed by atoms with E-state index in [-0.39, 0.29) is 15.7 Å². The van der Waals surface area contributed by atoms with Gasteiger partial charge in [0, 0.05) is 5.69 Å². The molecule has 0 atom stereocenters. The van der Waals surface area contributed by atoms with Crippen molar-refractivity contribution in [3.8, 4) is 0 Å². The monoisotopic (exact) mass is 382 g/mol.